The summed E-state index contributed by atoms with van der Waals surface area (Å²) in [7, 11) is 0. The fourth-order valence-corrected chi connectivity index (χ4v) is 1.34. The van der Waals surface area contributed by atoms with Gasteiger partial charge in [0, 0.05) is 19.0 Å². The van der Waals surface area contributed by atoms with Gasteiger partial charge in [-0.2, -0.15) is 0 Å². The molecule has 0 spiro atoms. The summed E-state index contributed by atoms with van der Waals surface area (Å²) in [5, 5.41) is 14.4. The van der Waals surface area contributed by atoms with Crippen molar-refractivity contribution in [3.05, 3.63) is 35.6 Å². The Balaban J connectivity index is 2.40. The van der Waals surface area contributed by atoms with Crippen LogP contribution in [0.4, 0.5) is 4.39 Å². The highest BCUT2D eigenvalue weighted by Gasteiger charge is 2.04. The Kier molecular flexibility index (Phi) is 4.72. The number of nitrogens with zero attached hydrogens (tertiary/aromatic N) is 1. The quantitative estimate of drug-likeness (QED) is 0.308. The third kappa shape index (κ3) is 3.86. The normalized spacial score (nSPS) is 13.8. The number of hydrogen-bond acceptors (Lipinski definition) is 3. The number of oxime groups is 1. The molecule has 4 N–H and O–H groups in total. The third-order valence-electron chi connectivity index (χ3n) is 2.33. The van der Waals surface area contributed by atoms with Crippen LogP contribution in [0.2, 0.25) is 0 Å². The van der Waals surface area contributed by atoms with Gasteiger partial charge in [-0.1, -0.05) is 17.3 Å². The summed E-state index contributed by atoms with van der Waals surface area (Å²) in [6.07, 6.45) is 0.474. The van der Waals surface area contributed by atoms with Gasteiger partial charge < -0.3 is 16.3 Å². The number of hydrogen-bond donors (Lipinski definition) is 3. The van der Waals surface area contributed by atoms with E-state index in [4.69, 9.17) is 10.9 Å². The van der Waals surface area contributed by atoms with Crippen molar-refractivity contribution in [2.75, 3.05) is 6.54 Å². The van der Waals surface area contributed by atoms with Crippen LogP contribution in [0.1, 0.15) is 24.9 Å². The molecule has 0 aromatic heterocycles. The van der Waals surface area contributed by atoms with Crippen molar-refractivity contribution in [2.45, 2.75) is 19.4 Å². The first-order valence-electron chi connectivity index (χ1n) is 5.08. The molecule has 0 fully saturated rings. The van der Waals surface area contributed by atoms with E-state index in [1.54, 1.807) is 12.1 Å². The minimum Gasteiger partial charge on any atom is -0.409 e. The van der Waals surface area contributed by atoms with E-state index in [1.807, 2.05) is 6.92 Å². The molecule has 0 aliphatic rings. The molecule has 0 radical (unpaired) electrons. The molecule has 0 heterocycles. The van der Waals surface area contributed by atoms with Crippen LogP contribution in [0, 0.1) is 5.82 Å². The molecule has 0 aliphatic carbocycles. The van der Waals surface area contributed by atoms with Crippen LogP contribution >= 0.6 is 0 Å². The van der Waals surface area contributed by atoms with Gasteiger partial charge in [-0.3, -0.25) is 0 Å². The molecule has 0 bridgehead atoms. The lowest BCUT2D eigenvalue weighted by atomic mass is 10.1. The summed E-state index contributed by atoms with van der Waals surface area (Å²) < 4.78 is 12.7. The summed E-state index contributed by atoms with van der Waals surface area (Å²) in [4.78, 5) is 0. The predicted molar refractivity (Wildman–Crippen MR) is 60.8 cm³/mol. The lowest BCUT2D eigenvalue weighted by Gasteiger charge is -2.13. The van der Waals surface area contributed by atoms with Crippen molar-refractivity contribution >= 4 is 5.84 Å². The molecule has 0 aliphatic heterocycles. The Morgan fingerprint density at radius 1 is 1.50 bits per heavy atom. The van der Waals surface area contributed by atoms with Crippen molar-refractivity contribution in [1.82, 2.24) is 5.32 Å². The number of rotatable bonds is 5. The first kappa shape index (κ1) is 12.4. The molecule has 16 heavy (non-hydrogen) atoms. The number of halogens is 1. The van der Waals surface area contributed by atoms with Crippen LogP contribution in [0.25, 0.3) is 0 Å². The Labute approximate surface area is 94.0 Å². The van der Waals surface area contributed by atoms with Gasteiger partial charge >= 0.3 is 0 Å². The van der Waals surface area contributed by atoms with Crippen molar-refractivity contribution < 1.29 is 9.60 Å². The molecule has 4 nitrogen and oxygen atoms in total. The van der Waals surface area contributed by atoms with Crippen molar-refractivity contribution in [3.63, 3.8) is 0 Å². The second-order valence-corrected chi connectivity index (χ2v) is 3.57. The molecule has 0 amide bonds. The van der Waals surface area contributed by atoms with E-state index in [0.717, 1.165) is 5.56 Å². The molecule has 0 unspecified atom stereocenters. The molecule has 1 rings (SSSR count). The number of nitrogens with two attached hydrogens (primary N) is 1. The Morgan fingerprint density at radius 3 is 2.69 bits per heavy atom. The molecule has 0 saturated heterocycles. The third-order valence-corrected chi connectivity index (χ3v) is 2.33. The van der Waals surface area contributed by atoms with E-state index in [1.165, 1.54) is 12.1 Å². The van der Waals surface area contributed by atoms with E-state index in [9.17, 15) is 4.39 Å². The van der Waals surface area contributed by atoms with E-state index >= 15 is 0 Å². The average Bonchev–Trinajstić information content (AvgIpc) is 2.29. The van der Waals surface area contributed by atoms with Gasteiger partial charge in [-0.05, 0) is 24.6 Å². The maximum absolute atomic E-state index is 12.7. The molecule has 1 aromatic rings. The van der Waals surface area contributed by atoms with Crippen molar-refractivity contribution in [2.24, 2.45) is 10.9 Å². The molecule has 1 atom stereocenters. The Bertz CT molecular complexity index is 351. The van der Waals surface area contributed by atoms with Gasteiger partial charge in [0.15, 0.2) is 0 Å². The predicted octanol–water partition coefficient (Wildman–Crippen LogP) is 1.61. The maximum Gasteiger partial charge on any atom is 0.140 e. The molecular formula is C11H16FN3O. The second-order valence-electron chi connectivity index (χ2n) is 3.57. The summed E-state index contributed by atoms with van der Waals surface area (Å²) in [6.45, 7) is 2.58. The van der Waals surface area contributed by atoms with Crippen LogP contribution in [-0.4, -0.2) is 17.6 Å². The summed E-state index contributed by atoms with van der Waals surface area (Å²) >= 11 is 0. The summed E-state index contributed by atoms with van der Waals surface area (Å²) in [6, 6.07) is 6.42. The van der Waals surface area contributed by atoms with E-state index in [0.29, 0.717) is 13.0 Å². The first-order valence-corrected chi connectivity index (χ1v) is 5.08. The van der Waals surface area contributed by atoms with Gasteiger partial charge in [-0.15, -0.1) is 0 Å². The number of nitrogens with one attached hydrogen (secondary N) is 1. The zero-order valence-corrected chi connectivity index (χ0v) is 9.15. The minimum absolute atomic E-state index is 0.104. The van der Waals surface area contributed by atoms with Crippen LogP contribution in [-0.2, 0) is 0 Å². The zero-order chi connectivity index (χ0) is 12.0. The second kappa shape index (κ2) is 6.07. The maximum atomic E-state index is 12.7. The van der Waals surface area contributed by atoms with Crippen molar-refractivity contribution in [1.29, 1.82) is 0 Å². The topological polar surface area (TPSA) is 70.6 Å². The lowest BCUT2D eigenvalue weighted by Crippen LogP contribution is -2.24. The standard InChI is InChI=1S/C11H16FN3O/c1-8(14-7-6-11(13)15-16)9-2-4-10(12)5-3-9/h2-5,8,14,16H,6-7H2,1H3,(H2,13,15)/t8-/m1/s1. The summed E-state index contributed by atoms with van der Waals surface area (Å²) in [5.41, 5.74) is 6.33. The van der Waals surface area contributed by atoms with Crippen molar-refractivity contribution in [3.8, 4) is 0 Å². The fourth-order valence-electron chi connectivity index (χ4n) is 1.34. The zero-order valence-electron chi connectivity index (χ0n) is 9.15. The van der Waals surface area contributed by atoms with E-state index in [-0.39, 0.29) is 17.7 Å². The van der Waals surface area contributed by atoms with E-state index in [2.05, 4.69) is 10.5 Å². The van der Waals surface area contributed by atoms with Gasteiger partial charge in [0.1, 0.15) is 11.7 Å². The highest BCUT2D eigenvalue weighted by molar-refractivity contribution is 5.79. The van der Waals surface area contributed by atoms with Gasteiger partial charge in [0.25, 0.3) is 0 Å². The fraction of sp³-hybridized carbons (Fsp3) is 0.364. The summed E-state index contributed by atoms with van der Waals surface area (Å²) in [5.74, 6) is -0.0496. The minimum atomic E-state index is -0.243. The first-order chi connectivity index (χ1) is 7.63. The Morgan fingerprint density at radius 2 is 2.12 bits per heavy atom. The number of benzene rings is 1. The van der Waals surface area contributed by atoms with E-state index < -0.39 is 0 Å². The number of amidine groups is 1. The molecule has 88 valence electrons. The van der Waals surface area contributed by atoms with Gasteiger partial charge in [0.2, 0.25) is 0 Å². The highest BCUT2D eigenvalue weighted by Crippen LogP contribution is 2.12. The molecule has 5 heteroatoms. The Hall–Kier alpha value is -1.62. The van der Waals surface area contributed by atoms with Gasteiger partial charge in [0.05, 0.1) is 0 Å². The molecule has 0 saturated carbocycles. The lowest BCUT2D eigenvalue weighted by molar-refractivity contribution is 0.316. The highest BCUT2D eigenvalue weighted by atomic mass is 19.1. The smallest absolute Gasteiger partial charge is 0.140 e. The molecular weight excluding hydrogens is 209 g/mol. The van der Waals surface area contributed by atoms with Crippen LogP contribution in [0.15, 0.2) is 29.4 Å². The van der Waals surface area contributed by atoms with Crippen LogP contribution in [0.5, 0.6) is 0 Å². The largest absolute Gasteiger partial charge is 0.409 e. The van der Waals surface area contributed by atoms with Crippen LogP contribution < -0.4 is 11.1 Å². The van der Waals surface area contributed by atoms with Crippen LogP contribution in [0.3, 0.4) is 0 Å². The monoisotopic (exact) mass is 225 g/mol. The van der Waals surface area contributed by atoms with Gasteiger partial charge in [-0.25, -0.2) is 4.39 Å². The SMILES string of the molecule is C[C@@H](NCC/C(N)=N/O)c1ccc(F)cc1. The molecule has 1 aromatic carbocycles. The average molecular weight is 225 g/mol.